The third kappa shape index (κ3) is 25.2. The molecule has 0 aromatic heterocycles. The fraction of sp³-hybridized carbons (Fsp3) is 0.505. The van der Waals surface area contributed by atoms with E-state index >= 15 is 0 Å². The largest absolute Gasteiger partial charge is 0.0776 e. The Bertz CT molecular complexity index is 2850. The third-order valence-electron chi connectivity index (χ3n) is 23.3. The Morgan fingerprint density at radius 2 is 0.340 bits per heavy atom. The first kappa shape index (κ1) is 76.5. The van der Waals surface area contributed by atoms with Crippen molar-refractivity contribution in [1.82, 2.24) is 0 Å². The zero-order chi connectivity index (χ0) is 67.1. The van der Waals surface area contributed by atoms with Crippen molar-refractivity contribution in [2.75, 3.05) is 0 Å². The molecule has 0 heterocycles. The fourth-order valence-electron chi connectivity index (χ4n) is 16.6. The summed E-state index contributed by atoms with van der Waals surface area (Å²) < 4.78 is 0. The summed E-state index contributed by atoms with van der Waals surface area (Å²) in [6.07, 6.45) is 45.3. The standard InChI is InChI=1S/4C24H32.CH4/c4*1-3-4-5-6-20-9-13-22(14-10-20)24-17-15-23(16-18-24)21-11-7-19(2)8-12-21;/h4*7-8,11-12,15-18,20,22H,3-6,9-10,13-14H2,1-2H3;1H4. The van der Waals surface area contributed by atoms with Crippen LogP contribution in [0.3, 0.4) is 0 Å². The number of rotatable bonds is 24. The number of benzene rings is 8. The summed E-state index contributed by atoms with van der Waals surface area (Å²) >= 11 is 0. The van der Waals surface area contributed by atoms with Gasteiger partial charge in [0.2, 0.25) is 0 Å². The van der Waals surface area contributed by atoms with E-state index in [1.54, 1.807) is 22.3 Å². The van der Waals surface area contributed by atoms with Crippen LogP contribution in [-0.2, 0) is 0 Å². The molecule has 520 valence electrons. The molecule has 4 fully saturated rings. The summed E-state index contributed by atoms with van der Waals surface area (Å²) in [6.45, 7) is 17.8. The maximum Gasteiger partial charge on any atom is -0.0162 e. The maximum absolute atomic E-state index is 2.37. The van der Waals surface area contributed by atoms with Crippen LogP contribution in [0.1, 0.15) is 309 Å². The van der Waals surface area contributed by atoms with Crippen molar-refractivity contribution >= 4 is 0 Å². The van der Waals surface area contributed by atoms with Gasteiger partial charge in [-0.2, -0.15) is 0 Å². The molecule has 12 rings (SSSR count). The van der Waals surface area contributed by atoms with Crippen LogP contribution in [0.5, 0.6) is 0 Å². The van der Waals surface area contributed by atoms with E-state index < -0.39 is 0 Å². The predicted molar refractivity (Wildman–Crippen MR) is 429 cm³/mol. The van der Waals surface area contributed by atoms with Crippen LogP contribution in [0.15, 0.2) is 194 Å². The van der Waals surface area contributed by atoms with Crippen molar-refractivity contribution in [3.8, 4) is 44.5 Å². The molecule has 8 aromatic carbocycles. The summed E-state index contributed by atoms with van der Waals surface area (Å²) in [5, 5.41) is 0. The lowest BCUT2D eigenvalue weighted by Gasteiger charge is -2.29. The van der Waals surface area contributed by atoms with Crippen molar-refractivity contribution in [3.63, 3.8) is 0 Å². The van der Waals surface area contributed by atoms with Gasteiger partial charge in [0.05, 0.1) is 0 Å². The normalized spacial score (nSPS) is 20.7. The Morgan fingerprint density at radius 3 is 0.485 bits per heavy atom. The molecule has 0 N–H and O–H groups in total. The second-order valence-electron chi connectivity index (χ2n) is 30.8. The third-order valence-corrected chi connectivity index (χ3v) is 23.3. The van der Waals surface area contributed by atoms with Crippen molar-refractivity contribution < 1.29 is 0 Å². The van der Waals surface area contributed by atoms with Gasteiger partial charge < -0.3 is 0 Å². The molecular weight excluding hydrogens is 1170 g/mol. The number of unbranched alkanes of at least 4 members (excludes halogenated alkanes) is 8. The van der Waals surface area contributed by atoms with E-state index in [-0.39, 0.29) is 7.43 Å². The molecule has 0 amide bonds. The fourth-order valence-corrected chi connectivity index (χ4v) is 16.6. The van der Waals surface area contributed by atoms with Crippen LogP contribution < -0.4 is 0 Å². The van der Waals surface area contributed by atoms with E-state index in [1.165, 1.54) is 272 Å². The summed E-state index contributed by atoms with van der Waals surface area (Å²) in [4.78, 5) is 0. The van der Waals surface area contributed by atoms with E-state index in [0.29, 0.717) is 0 Å². The van der Waals surface area contributed by atoms with E-state index in [1.807, 2.05) is 0 Å². The molecule has 4 aliphatic rings. The van der Waals surface area contributed by atoms with Gasteiger partial charge in [0.15, 0.2) is 0 Å². The van der Waals surface area contributed by atoms with Crippen molar-refractivity contribution in [3.05, 3.63) is 239 Å². The second-order valence-corrected chi connectivity index (χ2v) is 30.8. The highest BCUT2D eigenvalue weighted by Gasteiger charge is 2.26. The first-order valence-electron chi connectivity index (χ1n) is 39.7. The highest BCUT2D eigenvalue weighted by molar-refractivity contribution is 5.67. The minimum atomic E-state index is 0. The quantitative estimate of drug-likeness (QED) is 0.0529. The Hall–Kier alpha value is -6.24. The zero-order valence-corrected chi connectivity index (χ0v) is 61.7. The van der Waals surface area contributed by atoms with Crippen LogP contribution in [0.2, 0.25) is 0 Å². The lowest BCUT2D eigenvalue weighted by Crippen LogP contribution is -2.13. The molecule has 0 aliphatic heterocycles. The van der Waals surface area contributed by atoms with Gasteiger partial charge in [-0.1, -0.05) is 354 Å². The van der Waals surface area contributed by atoms with E-state index in [2.05, 4.69) is 250 Å². The smallest absolute Gasteiger partial charge is 0.0162 e. The van der Waals surface area contributed by atoms with Crippen LogP contribution in [-0.4, -0.2) is 0 Å². The van der Waals surface area contributed by atoms with Crippen molar-refractivity contribution in [2.45, 2.75) is 292 Å². The van der Waals surface area contributed by atoms with Crippen molar-refractivity contribution in [2.24, 2.45) is 23.7 Å². The molecule has 4 aliphatic carbocycles. The van der Waals surface area contributed by atoms with Gasteiger partial charge in [-0.05, 0) is 245 Å². The SMILES string of the molecule is C.CCCCCC1CCC(c2ccc(-c3ccc(C)cc3)cc2)CC1.CCCCCC1CCC(c2ccc(-c3ccc(C)cc3)cc2)CC1.CCCCCC1CCC(c2ccc(-c3ccc(C)cc3)cc2)CC1.CCCCCC1CCC(c2ccc(-c3ccc(C)cc3)cc2)CC1. The number of hydrogen-bond acceptors (Lipinski definition) is 0. The lowest BCUT2D eigenvalue weighted by atomic mass is 9.77. The molecular formula is C97H132. The molecule has 0 atom stereocenters. The van der Waals surface area contributed by atoms with Gasteiger partial charge in [0.25, 0.3) is 0 Å². The highest BCUT2D eigenvalue weighted by atomic mass is 14.3. The van der Waals surface area contributed by atoms with Crippen LogP contribution in [0.4, 0.5) is 0 Å². The average molecular weight is 1300 g/mol. The molecule has 0 spiro atoms. The molecule has 0 saturated heterocycles. The molecule has 0 radical (unpaired) electrons. The highest BCUT2D eigenvalue weighted by Crippen LogP contribution is 2.43. The molecule has 0 unspecified atom stereocenters. The van der Waals surface area contributed by atoms with Crippen molar-refractivity contribution in [1.29, 1.82) is 0 Å². The lowest BCUT2D eigenvalue weighted by molar-refractivity contribution is 0.303. The second kappa shape index (κ2) is 42.0. The van der Waals surface area contributed by atoms with E-state index in [0.717, 1.165) is 47.3 Å². The van der Waals surface area contributed by atoms with Gasteiger partial charge in [-0.25, -0.2) is 0 Å². The summed E-state index contributed by atoms with van der Waals surface area (Å²) in [5.74, 6) is 7.16. The molecule has 0 heteroatoms. The number of aryl methyl sites for hydroxylation is 4. The summed E-state index contributed by atoms with van der Waals surface area (Å²) in [6, 6.07) is 72.9. The first-order valence-corrected chi connectivity index (χ1v) is 39.7. The minimum absolute atomic E-state index is 0. The predicted octanol–water partition coefficient (Wildman–Crippen LogP) is 30.7. The van der Waals surface area contributed by atoms with Crippen LogP contribution in [0.25, 0.3) is 44.5 Å². The Morgan fingerprint density at radius 1 is 0.196 bits per heavy atom. The topological polar surface area (TPSA) is 0 Å². The molecule has 0 bridgehead atoms. The van der Waals surface area contributed by atoms with E-state index in [4.69, 9.17) is 0 Å². The van der Waals surface area contributed by atoms with Crippen LogP contribution in [0, 0.1) is 51.4 Å². The van der Waals surface area contributed by atoms with Gasteiger partial charge in [0, 0.05) is 0 Å². The minimum Gasteiger partial charge on any atom is -0.0776 e. The monoisotopic (exact) mass is 1300 g/mol. The van der Waals surface area contributed by atoms with Gasteiger partial charge >= 0.3 is 0 Å². The maximum atomic E-state index is 2.37. The van der Waals surface area contributed by atoms with Gasteiger partial charge in [0.1, 0.15) is 0 Å². The summed E-state index contributed by atoms with van der Waals surface area (Å²) in [7, 11) is 0. The zero-order valence-electron chi connectivity index (χ0n) is 61.7. The number of hydrogen-bond donors (Lipinski definition) is 0. The van der Waals surface area contributed by atoms with Gasteiger partial charge in [-0.3, -0.25) is 0 Å². The average Bonchev–Trinajstić information content (AvgIpc) is 2.94. The Kier molecular flexibility index (Phi) is 33.1. The molecule has 8 aromatic rings. The van der Waals surface area contributed by atoms with Crippen LogP contribution >= 0.6 is 0 Å². The van der Waals surface area contributed by atoms with E-state index in [9.17, 15) is 0 Å². The Labute approximate surface area is 595 Å². The Balaban J connectivity index is 0.000000165. The summed E-state index contributed by atoms with van der Waals surface area (Å²) in [5.41, 5.74) is 22.2. The van der Waals surface area contributed by atoms with Gasteiger partial charge in [-0.15, -0.1) is 0 Å². The molecule has 97 heavy (non-hydrogen) atoms. The molecule has 4 saturated carbocycles. The molecule has 0 nitrogen and oxygen atoms in total. The first-order chi connectivity index (χ1) is 47.0.